The van der Waals surface area contributed by atoms with Gasteiger partial charge in [-0.25, -0.2) is 18.8 Å². The molecule has 2 rings (SSSR count). The van der Waals surface area contributed by atoms with Crippen LogP contribution in [0.4, 0.5) is 35.1 Å². The molecular formula is C15H14F8N2O3. The first kappa shape index (κ1) is 22.3. The smallest absolute Gasteiger partial charge is 0.433 e. The molecule has 0 amide bonds. The number of pyridine rings is 1. The molecule has 1 N–H and O–H groups in total. The molecule has 28 heavy (non-hydrogen) atoms. The zero-order valence-corrected chi connectivity index (χ0v) is 14.1. The maximum Gasteiger partial charge on any atom is 0.433 e. The molecule has 13 heteroatoms. The van der Waals surface area contributed by atoms with Crippen LogP contribution in [0.2, 0.25) is 0 Å². The van der Waals surface area contributed by atoms with Gasteiger partial charge in [0.15, 0.2) is 0 Å². The third kappa shape index (κ3) is 5.50. The highest BCUT2D eigenvalue weighted by Crippen LogP contribution is 2.34. The standard InChI is InChI=1S/C15H14F8N2O3/c1-27-8(12(16)17)4-7-5-11(26)28-13(24-7)6-2-9(14(18,19)20)25-10(3-6)15(21,22)23/h2-3,7-8,11-12,26H,4-5H2,1H3. The maximum absolute atomic E-state index is 12.9. The van der Waals surface area contributed by atoms with Crippen molar-refractivity contribution in [1.29, 1.82) is 0 Å². The van der Waals surface area contributed by atoms with Gasteiger partial charge >= 0.3 is 12.4 Å². The molecule has 3 unspecified atom stereocenters. The van der Waals surface area contributed by atoms with Crippen molar-refractivity contribution in [2.24, 2.45) is 4.99 Å². The second-order valence-corrected chi connectivity index (χ2v) is 5.86. The third-order valence-corrected chi connectivity index (χ3v) is 3.76. The summed E-state index contributed by atoms with van der Waals surface area (Å²) >= 11 is 0. The number of methoxy groups -OCH3 is 1. The lowest BCUT2D eigenvalue weighted by Gasteiger charge is -2.28. The van der Waals surface area contributed by atoms with Crippen molar-refractivity contribution in [3.63, 3.8) is 0 Å². The molecule has 0 fully saturated rings. The highest BCUT2D eigenvalue weighted by Gasteiger charge is 2.40. The van der Waals surface area contributed by atoms with Gasteiger partial charge in [-0.2, -0.15) is 26.3 Å². The van der Waals surface area contributed by atoms with E-state index in [-0.39, 0.29) is 18.6 Å². The fraction of sp³-hybridized carbons (Fsp3) is 0.600. The summed E-state index contributed by atoms with van der Waals surface area (Å²) in [4.78, 5) is 6.33. The van der Waals surface area contributed by atoms with Crippen molar-refractivity contribution >= 4 is 5.90 Å². The van der Waals surface area contributed by atoms with Crippen LogP contribution in [0, 0.1) is 0 Å². The van der Waals surface area contributed by atoms with Crippen LogP contribution < -0.4 is 0 Å². The molecule has 0 aromatic carbocycles. The zero-order chi connectivity index (χ0) is 21.3. The summed E-state index contributed by atoms with van der Waals surface area (Å²) in [5.41, 5.74) is -4.44. The Morgan fingerprint density at radius 3 is 2.11 bits per heavy atom. The quantitative estimate of drug-likeness (QED) is 0.737. The van der Waals surface area contributed by atoms with E-state index < -0.39 is 66.5 Å². The largest absolute Gasteiger partial charge is 0.448 e. The third-order valence-electron chi connectivity index (χ3n) is 3.76. The van der Waals surface area contributed by atoms with E-state index in [1.807, 2.05) is 0 Å². The van der Waals surface area contributed by atoms with Crippen molar-refractivity contribution in [1.82, 2.24) is 4.98 Å². The number of aromatic nitrogens is 1. The summed E-state index contributed by atoms with van der Waals surface area (Å²) in [6.45, 7) is 0. The van der Waals surface area contributed by atoms with Crippen LogP contribution in [0.25, 0.3) is 0 Å². The van der Waals surface area contributed by atoms with Crippen LogP contribution in [-0.4, -0.2) is 48.0 Å². The van der Waals surface area contributed by atoms with Crippen LogP contribution in [0.5, 0.6) is 0 Å². The summed E-state index contributed by atoms with van der Waals surface area (Å²) in [7, 11) is 1.01. The molecule has 1 aromatic heterocycles. The van der Waals surface area contributed by atoms with E-state index in [9.17, 15) is 40.2 Å². The molecule has 3 atom stereocenters. The van der Waals surface area contributed by atoms with Gasteiger partial charge in [-0.05, 0) is 12.1 Å². The van der Waals surface area contributed by atoms with E-state index in [1.165, 1.54) is 0 Å². The monoisotopic (exact) mass is 422 g/mol. The normalized spacial score (nSPS) is 22.0. The van der Waals surface area contributed by atoms with E-state index >= 15 is 0 Å². The van der Waals surface area contributed by atoms with Gasteiger partial charge in [0, 0.05) is 25.5 Å². The first-order chi connectivity index (χ1) is 12.8. The minimum Gasteiger partial charge on any atom is -0.448 e. The van der Waals surface area contributed by atoms with Crippen molar-refractivity contribution in [2.45, 2.75) is 50.1 Å². The van der Waals surface area contributed by atoms with Crippen molar-refractivity contribution in [3.05, 3.63) is 29.1 Å². The highest BCUT2D eigenvalue weighted by atomic mass is 19.4. The fourth-order valence-electron chi connectivity index (χ4n) is 2.46. The average Bonchev–Trinajstić information content (AvgIpc) is 2.57. The number of hydrogen-bond donors (Lipinski definition) is 1. The molecule has 0 bridgehead atoms. The Labute approximate surface area is 153 Å². The molecule has 5 nitrogen and oxygen atoms in total. The Hall–Kier alpha value is -2.02. The lowest BCUT2D eigenvalue weighted by atomic mass is 10.0. The number of aliphatic hydroxyl groups is 1. The molecule has 0 saturated heterocycles. The maximum atomic E-state index is 12.9. The lowest BCUT2D eigenvalue weighted by Crippen LogP contribution is -2.34. The minimum atomic E-state index is -5.19. The van der Waals surface area contributed by atoms with Crippen LogP contribution in [0.1, 0.15) is 29.8 Å². The molecule has 1 aromatic rings. The van der Waals surface area contributed by atoms with Crippen LogP contribution in [-0.2, 0) is 21.8 Å². The van der Waals surface area contributed by atoms with Crippen molar-refractivity contribution < 1.29 is 49.7 Å². The molecule has 1 aliphatic rings. The predicted octanol–water partition coefficient (Wildman–Crippen LogP) is 3.64. The van der Waals surface area contributed by atoms with Crippen molar-refractivity contribution in [3.8, 4) is 0 Å². The Morgan fingerprint density at radius 1 is 1.14 bits per heavy atom. The molecule has 2 heterocycles. The first-order valence-corrected chi connectivity index (χ1v) is 7.71. The van der Waals surface area contributed by atoms with Gasteiger partial charge in [0.05, 0.1) is 6.04 Å². The van der Waals surface area contributed by atoms with Crippen LogP contribution in [0.3, 0.4) is 0 Å². The van der Waals surface area contributed by atoms with E-state index in [4.69, 9.17) is 4.74 Å². The Balaban J connectivity index is 2.46. The van der Waals surface area contributed by atoms with E-state index in [1.54, 1.807) is 0 Å². The molecule has 0 radical (unpaired) electrons. The molecular weight excluding hydrogens is 408 g/mol. The summed E-state index contributed by atoms with van der Waals surface area (Å²) in [5, 5.41) is 9.70. The number of aliphatic imine (C=N–C) groups is 1. The Morgan fingerprint density at radius 2 is 1.68 bits per heavy atom. The SMILES string of the molecule is COC(CC1CC(O)OC(c2cc(C(F)(F)F)nc(C(F)(F)F)c2)=N1)C(F)F. The number of rotatable bonds is 5. The number of hydrogen-bond acceptors (Lipinski definition) is 5. The zero-order valence-electron chi connectivity index (χ0n) is 14.1. The van der Waals surface area contributed by atoms with E-state index in [0.29, 0.717) is 0 Å². The molecule has 0 aliphatic carbocycles. The summed E-state index contributed by atoms with van der Waals surface area (Å²) in [6, 6.07) is -0.539. The second-order valence-electron chi connectivity index (χ2n) is 5.86. The van der Waals surface area contributed by atoms with Gasteiger partial charge in [-0.3, -0.25) is 0 Å². The molecule has 0 spiro atoms. The Bertz CT molecular complexity index is 688. The summed E-state index contributed by atoms with van der Waals surface area (Å²) in [5.74, 6) is -0.744. The van der Waals surface area contributed by atoms with Gasteiger partial charge in [0.1, 0.15) is 17.5 Å². The van der Waals surface area contributed by atoms with Gasteiger partial charge in [0.2, 0.25) is 12.2 Å². The van der Waals surface area contributed by atoms with Gasteiger partial charge < -0.3 is 14.6 Å². The fourth-order valence-corrected chi connectivity index (χ4v) is 2.46. The lowest BCUT2D eigenvalue weighted by molar-refractivity contribution is -0.150. The van der Waals surface area contributed by atoms with Gasteiger partial charge in [-0.1, -0.05) is 0 Å². The van der Waals surface area contributed by atoms with Crippen molar-refractivity contribution in [2.75, 3.05) is 7.11 Å². The van der Waals surface area contributed by atoms with E-state index in [0.717, 1.165) is 7.11 Å². The number of alkyl halides is 8. The molecule has 158 valence electrons. The number of nitrogens with zero attached hydrogens (tertiary/aromatic N) is 2. The first-order valence-electron chi connectivity index (χ1n) is 7.71. The number of aliphatic hydroxyl groups excluding tert-OH is 1. The highest BCUT2D eigenvalue weighted by molar-refractivity contribution is 5.95. The average molecular weight is 422 g/mol. The number of ether oxygens (including phenoxy) is 2. The predicted molar refractivity (Wildman–Crippen MR) is 77.7 cm³/mol. The summed E-state index contributed by atoms with van der Waals surface area (Å²) in [6.07, 6.45) is -17.3. The van der Waals surface area contributed by atoms with Gasteiger partial charge in [0.25, 0.3) is 6.43 Å². The van der Waals surface area contributed by atoms with Gasteiger partial charge in [-0.15, -0.1) is 0 Å². The van der Waals surface area contributed by atoms with Crippen LogP contribution in [0.15, 0.2) is 17.1 Å². The molecule has 1 aliphatic heterocycles. The minimum absolute atomic E-state index is 0.268. The topological polar surface area (TPSA) is 63.9 Å². The number of halogens is 8. The molecule has 0 saturated carbocycles. The van der Waals surface area contributed by atoms with E-state index in [2.05, 4.69) is 14.7 Å². The second kappa shape index (κ2) is 8.15. The Kier molecular flexibility index (Phi) is 6.48. The van der Waals surface area contributed by atoms with Crippen LogP contribution >= 0.6 is 0 Å². The summed E-state index contributed by atoms with van der Waals surface area (Å²) < 4.78 is 112.